The molecule has 0 fully saturated rings. The summed E-state index contributed by atoms with van der Waals surface area (Å²) in [6.07, 6.45) is 3.03. The highest BCUT2D eigenvalue weighted by molar-refractivity contribution is 9.10. The predicted octanol–water partition coefficient (Wildman–Crippen LogP) is 4.37. The fourth-order valence-electron chi connectivity index (χ4n) is 1.09. The Hall–Kier alpha value is -0.630. The summed E-state index contributed by atoms with van der Waals surface area (Å²) in [5, 5.41) is 0. The molecule has 0 bridgehead atoms. The molecule has 0 aliphatic rings. The van der Waals surface area contributed by atoms with Crippen LogP contribution >= 0.6 is 15.9 Å². The van der Waals surface area contributed by atoms with Crippen LogP contribution in [0.4, 0.5) is 0 Å². The molecule has 0 aliphatic carbocycles. The Bertz CT molecular complexity index is 367. The van der Waals surface area contributed by atoms with Gasteiger partial charge >= 0.3 is 0 Å². The number of hydrogen-bond donors (Lipinski definition) is 0. The van der Waals surface area contributed by atoms with Gasteiger partial charge in [0.25, 0.3) is 0 Å². The summed E-state index contributed by atoms with van der Waals surface area (Å²) in [6, 6.07) is 6.26. The van der Waals surface area contributed by atoms with Crippen LogP contribution < -0.4 is 0 Å². The Morgan fingerprint density at radius 3 is 2.67 bits per heavy atom. The fraction of sp³-hybridized carbons (Fsp3) is 0.462. The first-order valence-corrected chi connectivity index (χ1v) is 6.05. The maximum absolute atomic E-state index is 4.60. The zero-order chi connectivity index (χ0) is 11.5. The Morgan fingerprint density at radius 1 is 1.40 bits per heavy atom. The van der Waals surface area contributed by atoms with Gasteiger partial charge in [-0.1, -0.05) is 28.9 Å². The topological polar surface area (TPSA) is 12.4 Å². The molecule has 0 aromatic heterocycles. The summed E-state index contributed by atoms with van der Waals surface area (Å²) in [5.74, 6) is 0. The lowest BCUT2D eigenvalue weighted by Crippen LogP contribution is -2.14. The van der Waals surface area contributed by atoms with Crippen LogP contribution in [-0.4, -0.2) is 11.8 Å². The van der Waals surface area contributed by atoms with Gasteiger partial charge in [-0.05, 0) is 50.5 Å². The average Bonchev–Trinajstić information content (AvgIpc) is 2.20. The van der Waals surface area contributed by atoms with Crippen molar-refractivity contribution >= 4 is 22.1 Å². The molecule has 15 heavy (non-hydrogen) atoms. The molecule has 0 atom stereocenters. The second-order valence-electron chi connectivity index (χ2n) is 4.43. The molecule has 0 heterocycles. The molecule has 2 heteroatoms. The van der Waals surface area contributed by atoms with E-state index in [1.165, 1.54) is 11.1 Å². The minimum atomic E-state index is 0.0365. The van der Waals surface area contributed by atoms with E-state index < -0.39 is 0 Å². The van der Waals surface area contributed by atoms with Gasteiger partial charge < -0.3 is 0 Å². The monoisotopic (exact) mass is 267 g/mol. The first-order valence-electron chi connectivity index (χ1n) is 5.26. The van der Waals surface area contributed by atoms with Gasteiger partial charge in [0.2, 0.25) is 0 Å². The molecule has 1 aromatic rings. The van der Waals surface area contributed by atoms with Crippen molar-refractivity contribution in [3.8, 4) is 0 Å². The zero-order valence-electron chi connectivity index (χ0n) is 9.84. The number of halogens is 1. The van der Waals surface area contributed by atoms with E-state index in [-0.39, 0.29) is 5.54 Å². The van der Waals surface area contributed by atoms with Crippen molar-refractivity contribution in [1.29, 1.82) is 0 Å². The normalized spacial score (nSPS) is 12.3. The zero-order valence-corrected chi connectivity index (χ0v) is 11.4. The molecule has 0 aliphatic heterocycles. The van der Waals surface area contributed by atoms with Crippen LogP contribution in [0.5, 0.6) is 0 Å². The number of rotatable bonds is 3. The molecule has 1 nitrogen and oxygen atoms in total. The highest BCUT2D eigenvalue weighted by Crippen LogP contribution is 2.17. The molecule has 0 unspecified atom stereocenters. The Labute approximate surface area is 101 Å². The lowest BCUT2D eigenvalue weighted by atomic mass is 10.0. The molecule has 0 amide bonds. The molecule has 0 saturated heterocycles. The molecule has 0 spiro atoms. The number of aryl methyl sites for hydroxylation is 1. The highest BCUT2D eigenvalue weighted by atomic mass is 79.9. The molecule has 1 aromatic carbocycles. The van der Waals surface area contributed by atoms with E-state index in [1.807, 2.05) is 6.21 Å². The van der Waals surface area contributed by atoms with E-state index in [1.54, 1.807) is 0 Å². The predicted molar refractivity (Wildman–Crippen MR) is 70.8 cm³/mol. The Kier molecular flexibility index (Phi) is 4.09. The summed E-state index contributed by atoms with van der Waals surface area (Å²) in [7, 11) is 0. The maximum Gasteiger partial charge on any atom is 0.0549 e. The van der Waals surface area contributed by atoms with E-state index in [2.05, 4.69) is 66.8 Å². The van der Waals surface area contributed by atoms with E-state index in [4.69, 9.17) is 0 Å². The smallest absolute Gasteiger partial charge is 0.0549 e. The Morgan fingerprint density at radius 2 is 2.07 bits per heavy atom. The Balaban J connectivity index is 2.94. The maximum atomic E-state index is 4.60. The van der Waals surface area contributed by atoms with Gasteiger partial charge in [-0.15, -0.1) is 0 Å². The standard InChI is InChI=1S/C13H18BrN/c1-5-13(3,4)15-9-11-8-12(14)7-6-10(11)2/h6-9H,5H2,1-4H3. The van der Waals surface area contributed by atoms with Crippen molar-refractivity contribution in [2.45, 2.75) is 39.7 Å². The van der Waals surface area contributed by atoms with Gasteiger partial charge in [0.05, 0.1) is 5.54 Å². The largest absolute Gasteiger partial charge is 0.287 e. The second kappa shape index (κ2) is 4.93. The van der Waals surface area contributed by atoms with Gasteiger partial charge in [0.1, 0.15) is 0 Å². The van der Waals surface area contributed by atoms with Gasteiger partial charge in [0.15, 0.2) is 0 Å². The number of benzene rings is 1. The number of hydrogen-bond acceptors (Lipinski definition) is 1. The third-order valence-corrected chi connectivity index (χ3v) is 3.15. The molecule has 0 N–H and O–H groups in total. The summed E-state index contributed by atoms with van der Waals surface area (Å²) in [5.41, 5.74) is 2.48. The lowest BCUT2D eigenvalue weighted by molar-refractivity contribution is 0.507. The van der Waals surface area contributed by atoms with Crippen molar-refractivity contribution < 1.29 is 0 Å². The van der Waals surface area contributed by atoms with E-state index in [0.717, 1.165) is 10.9 Å². The van der Waals surface area contributed by atoms with Crippen LogP contribution in [0.15, 0.2) is 27.7 Å². The molecule has 82 valence electrons. The first-order chi connectivity index (χ1) is 6.94. The molecule has 0 saturated carbocycles. The minimum absolute atomic E-state index is 0.0365. The SMILES string of the molecule is CCC(C)(C)N=Cc1cc(Br)ccc1C. The van der Waals surface area contributed by atoms with Gasteiger partial charge in [0, 0.05) is 10.7 Å². The third kappa shape index (κ3) is 3.78. The summed E-state index contributed by atoms with van der Waals surface area (Å²) in [4.78, 5) is 4.60. The van der Waals surface area contributed by atoms with Gasteiger partial charge in [-0.25, -0.2) is 0 Å². The van der Waals surface area contributed by atoms with Crippen LogP contribution in [0.2, 0.25) is 0 Å². The van der Waals surface area contributed by atoms with E-state index >= 15 is 0 Å². The highest BCUT2D eigenvalue weighted by Gasteiger charge is 2.11. The lowest BCUT2D eigenvalue weighted by Gasteiger charge is -2.16. The third-order valence-electron chi connectivity index (χ3n) is 2.66. The van der Waals surface area contributed by atoms with E-state index in [9.17, 15) is 0 Å². The summed E-state index contributed by atoms with van der Waals surface area (Å²) < 4.78 is 1.10. The number of aliphatic imine (C=N–C) groups is 1. The van der Waals surface area contributed by atoms with Crippen molar-refractivity contribution in [2.75, 3.05) is 0 Å². The van der Waals surface area contributed by atoms with Gasteiger partial charge in [-0.3, -0.25) is 4.99 Å². The quantitative estimate of drug-likeness (QED) is 0.722. The van der Waals surface area contributed by atoms with Crippen molar-refractivity contribution in [3.63, 3.8) is 0 Å². The summed E-state index contributed by atoms with van der Waals surface area (Å²) in [6.45, 7) is 8.56. The van der Waals surface area contributed by atoms with Crippen molar-refractivity contribution in [1.82, 2.24) is 0 Å². The van der Waals surface area contributed by atoms with Crippen LogP contribution in [0.25, 0.3) is 0 Å². The van der Waals surface area contributed by atoms with Crippen LogP contribution in [0.3, 0.4) is 0 Å². The van der Waals surface area contributed by atoms with Crippen LogP contribution in [0.1, 0.15) is 38.3 Å². The second-order valence-corrected chi connectivity index (χ2v) is 5.34. The molecular formula is C13H18BrN. The van der Waals surface area contributed by atoms with E-state index in [0.29, 0.717) is 0 Å². The molecule has 1 rings (SSSR count). The number of nitrogens with zero attached hydrogens (tertiary/aromatic N) is 1. The van der Waals surface area contributed by atoms with Crippen LogP contribution in [0, 0.1) is 6.92 Å². The van der Waals surface area contributed by atoms with Crippen LogP contribution in [-0.2, 0) is 0 Å². The fourth-order valence-corrected chi connectivity index (χ4v) is 1.46. The first kappa shape index (κ1) is 12.4. The van der Waals surface area contributed by atoms with Crippen molar-refractivity contribution in [3.05, 3.63) is 33.8 Å². The molecule has 0 radical (unpaired) electrons. The minimum Gasteiger partial charge on any atom is -0.287 e. The average molecular weight is 268 g/mol. The summed E-state index contributed by atoms with van der Waals surface area (Å²) >= 11 is 3.47. The van der Waals surface area contributed by atoms with Gasteiger partial charge in [-0.2, -0.15) is 0 Å². The van der Waals surface area contributed by atoms with Crippen molar-refractivity contribution in [2.24, 2.45) is 4.99 Å². The molecular weight excluding hydrogens is 250 g/mol.